The Morgan fingerprint density at radius 1 is 1.22 bits per heavy atom. The van der Waals surface area contributed by atoms with Gasteiger partial charge in [0.1, 0.15) is 11.3 Å². The molecule has 0 aliphatic carbocycles. The first-order valence-electron chi connectivity index (χ1n) is 8.63. The molecule has 0 radical (unpaired) electrons. The molecule has 2 saturated heterocycles. The Labute approximate surface area is 139 Å². The number of carbonyl (C=O) groups excluding carboxylic acids is 1. The van der Waals surface area contributed by atoms with Gasteiger partial charge >= 0.3 is 6.09 Å². The van der Waals surface area contributed by atoms with E-state index in [-0.39, 0.29) is 24.3 Å². The van der Waals surface area contributed by atoms with Gasteiger partial charge in [-0.15, -0.1) is 0 Å². The molecular formula is C17H32N2O4. The van der Waals surface area contributed by atoms with E-state index in [4.69, 9.17) is 9.47 Å². The number of likely N-dealkylation sites (tertiary alicyclic amines) is 1. The fraction of sp³-hybridized carbons (Fsp3) is 0.941. The maximum Gasteiger partial charge on any atom is 0.410 e. The molecule has 0 aromatic rings. The average Bonchev–Trinajstić information content (AvgIpc) is 2.35. The Balaban J connectivity index is 2.00. The summed E-state index contributed by atoms with van der Waals surface area (Å²) in [5.41, 5.74) is -1.37. The number of amides is 1. The molecule has 2 aliphatic rings. The Bertz CT molecular complexity index is 427. The number of ether oxygens (including phenoxy) is 2. The van der Waals surface area contributed by atoms with E-state index in [2.05, 4.69) is 4.90 Å². The monoisotopic (exact) mass is 328 g/mol. The molecule has 134 valence electrons. The standard InChI is InChI=1S/C17H32N2O4/c1-12-9-17(21,18-10-13(2)22-14(3)11-18)7-8-19(12)15(20)23-16(4,5)6/h12-14,21H,7-11H2,1-6H3/t12?,13-,14+,17?. The lowest BCUT2D eigenvalue weighted by Gasteiger charge is -2.50. The molecule has 2 heterocycles. The summed E-state index contributed by atoms with van der Waals surface area (Å²) in [7, 11) is 0. The molecule has 0 aromatic carbocycles. The smallest absolute Gasteiger partial charge is 0.410 e. The Kier molecular flexibility index (Phi) is 5.28. The Morgan fingerprint density at radius 3 is 2.26 bits per heavy atom. The van der Waals surface area contributed by atoms with E-state index in [1.165, 1.54) is 0 Å². The van der Waals surface area contributed by atoms with Crippen LogP contribution in [0.5, 0.6) is 0 Å². The third-order valence-electron chi connectivity index (χ3n) is 4.54. The van der Waals surface area contributed by atoms with Crippen molar-refractivity contribution in [3.63, 3.8) is 0 Å². The lowest BCUT2D eigenvalue weighted by molar-refractivity contribution is -0.198. The molecule has 6 nitrogen and oxygen atoms in total. The number of hydrogen-bond donors (Lipinski definition) is 1. The SMILES string of the molecule is CC1CC(O)(N2C[C@@H](C)O[C@@H](C)C2)CCN1C(=O)OC(C)(C)C. The highest BCUT2D eigenvalue weighted by atomic mass is 16.6. The summed E-state index contributed by atoms with van der Waals surface area (Å²) in [4.78, 5) is 16.2. The van der Waals surface area contributed by atoms with E-state index in [9.17, 15) is 9.90 Å². The second-order valence-corrected chi connectivity index (χ2v) is 8.12. The third-order valence-corrected chi connectivity index (χ3v) is 4.54. The summed E-state index contributed by atoms with van der Waals surface area (Å²) in [5, 5.41) is 11.1. The van der Waals surface area contributed by atoms with Crippen LogP contribution in [0.2, 0.25) is 0 Å². The molecule has 1 N–H and O–H groups in total. The first-order valence-corrected chi connectivity index (χ1v) is 8.63. The van der Waals surface area contributed by atoms with E-state index in [1.54, 1.807) is 4.90 Å². The normalized spacial score (nSPS) is 36.8. The fourth-order valence-electron chi connectivity index (χ4n) is 3.60. The minimum Gasteiger partial charge on any atom is -0.444 e. The van der Waals surface area contributed by atoms with Crippen molar-refractivity contribution in [2.24, 2.45) is 0 Å². The summed E-state index contributed by atoms with van der Waals surface area (Å²) >= 11 is 0. The van der Waals surface area contributed by atoms with Crippen LogP contribution in [-0.2, 0) is 9.47 Å². The number of carbonyl (C=O) groups is 1. The van der Waals surface area contributed by atoms with Crippen molar-refractivity contribution >= 4 is 6.09 Å². The molecule has 0 spiro atoms. The number of rotatable bonds is 1. The van der Waals surface area contributed by atoms with Gasteiger partial charge in [-0.05, 0) is 41.5 Å². The molecular weight excluding hydrogens is 296 g/mol. The second kappa shape index (κ2) is 6.57. The van der Waals surface area contributed by atoms with Crippen LogP contribution in [0.15, 0.2) is 0 Å². The van der Waals surface area contributed by atoms with Gasteiger partial charge in [-0.2, -0.15) is 0 Å². The van der Waals surface area contributed by atoms with Crippen molar-refractivity contribution in [3.05, 3.63) is 0 Å². The summed E-state index contributed by atoms with van der Waals surface area (Å²) < 4.78 is 11.2. The number of hydrogen-bond acceptors (Lipinski definition) is 5. The van der Waals surface area contributed by atoms with Crippen molar-refractivity contribution in [1.82, 2.24) is 9.80 Å². The number of piperidine rings is 1. The topological polar surface area (TPSA) is 62.2 Å². The molecule has 2 rings (SSSR count). The van der Waals surface area contributed by atoms with E-state index in [0.717, 1.165) is 13.1 Å². The van der Waals surface area contributed by atoms with Gasteiger partial charge in [0.15, 0.2) is 0 Å². The number of aliphatic hydroxyl groups is 1. The Hall–Kier alpha value is -0.850. The van der Waals surface area contributed by atoms with Crippen LogP contribution >= 0.6 is 0 Å². The van der Waals surface area contributed by atoms with Crippen LogP contribution in [0.4, 0.5) is 4.79 Å². The summed E-state index contributed by atoms with van der Waals surface area (Å²) in [6.45, 7) is 13.6. The van der Waals surface area contributed by atoms with Gasteiger partial charge in [-0.1, -0.05) is 0 Å². The zero-order valence-electron chi connectivity index (χ0n) is 15.3. The summed E-state index contributed by atoms with van der Waals surface area (Å²) in [5.74, 6) is 0. The second-order valence-electron chi connectivity index (χ2n) is 8.12. The highest BCUT2D eigenvalue weighted by Gasteiger charge is 2.45. The van der Waals surface area contributed by atoms with Gasteiger partial charge in [0.05, 0.1) is 12.2 Å². The van der Waals surface area contributed by atoms with Crippen molar-refractivity contribution < 1.29 is 19.4 Å². The van der Waals surface area contributed by atoms with Crippen molar-refractivity contribution in [3.8, 4) is 0 Å². The lowest BCUT2D eigenvalue weighted by atomic mass is 9.92. The summed E-state index contributed by atoms with van der Waals surface area (Å²) in [6, 6.07) is -0.0583. The molecule has 0 aromatic heterocycles. The molecule has 0 saturated carbocycles. The van der Waals surface area contributed by atoms with Gasteiger partial charge in [0, 0.05) is 38.5 Å². The van der Waals surface area contributed by atoms with Crippen molar-refractivity contribution in [2.45, 2.75) is 84.0 Å². The van der Waals surface area contributed by atoms with Gasteiger partial charge in [0.25, 0.3) is 0 Å². The van der Waals surface area contributed by atoms with E-state index in [0.29, 0.717) is 19.4 Å². The van der Waals surface area contributed by atoms with E-state index < -0.39 is 11.3 Å². The first-order chi connectivity index (χ1) is 10.5. The van der Waals surface area contributed by atoms with E-state index >= 15 is 0 Å². The molecule has 0 bridgehead atoms. The molecule has 4 atom stereocenters. The van der Waals surface area contributed by atoms with Gasteiger partial charge in [0.2, 0.25) is 0 Å². The number of morpholine rings is 1. The highest BCUT2D eigenvalue weighted by molar-refractivity contribution is 5.68. The first kappa shape index (κ1) is 18.5. The number of nitrogens with zero attached hydrogens (tertiary/aromatic N) is 2. The van der Waals surface area contributed by atoms with Gasteiger partial charge < -0.3 is 19.5 Å². The van der Waals surface area contributed by atoms with Crippen LogP contribution in [0.3, 0.4) is 0 Å². The average molecular weight is 328 g/mol. The van der Waals surface area contributed by atoms with Crippen LogP contribution in [0.25, 0.3) is 0 Å². The molecule has 23 heavy (non-hydrogen) atoms. The molecule has 2 aliphatic heterocycles. The van der Waals surface area contributed by atoms with Gasteiger partial charge in [-0.25, -0.2) is 4.79 Å². The van der Waals surface area contributed by atoms with Crippen LogP contribution in [0, 0.1) is 0 Å². The predicted octanol–water partition coefficient (Wildman–Crippen LogP) is 2.20. The third kappa shape index (κ3) is 4.58. The zero-order valence-corrected chi connectivity index (χ0v) is 15.3. The van der Waals surface area contributed by atoms with Crippen molar-refractivity contribution in [2.75, 3.05) is 19.6 Å². The van der Waals surface area contributed by atoms with Crippen LogP contribution in [0.1, 0.15) is 54.4 Å². The lowest BCUT2D eigenvalue weighted by Crippen LogP contribution is -2.63. The molecule has 1 amide bonds. The maximum atomic E-state index is 12.3. The summed E-state index contributed by atoms with van der Waals surface area (Å²) in [6.07, 6.45) is 1.00. The minimum atomic E-state index is -0.871. The Morgan fingerprint density at radius 2 is 1.78 bits per heavy atom. The zero-order chi connectivity index (χ0) is 17.4. The van der Waals surface area contributed by atoms with Crippen LogP contribution < -0.4 is 0 Å². The van der Waals surface area contributed by atoms with E-state index in [1.807, 2.05) is 41.5 Å². The fourth-order valence-corrected chi connectivity index (χ4v) is 3.60. The molecule has 6 heteroatoms. The largest absolute Gasteiger partial charge is 0.444 e. The highest BCUT2D eigenvalue weighted by Crippen LogP contribution is 2.33. The maximum absolute atomic E-state index is 12.3. The predicted molar refractivity (Wildman–Crippen MR) is 88.2 cm³/mol. The minimum absolute atomic E-state index is 0.0583. The van der Waals surface area contributed by atoms with Gasteiger partial charge in [-0.3, -0.25) is 4.90 Å². The quantitative estimate of drug-likeness (QED) is 0.799. The molecule has 2 unspecified atom stereocenters. The van der Waals surface area contributed by atoms with Crippen LogP contribution in [-0.4, -0.2) is 70.2 Å². The molecule has 2 fully saturated rings. The van der Waals surface area contributed by atoms with Crippen molar-refractivity contribution in [1.29, 1.82) is 0 Å².